The molecule has 0 bridgehead atoms. The van der Waals surface area contributed by atoms with Gasteiger partial charge < -0.3 is 15.2 Å². The molecule has 1 amide bonds. The number of rotatable bonds is 4. The van der Waals surface area contributed by atoms with Gasteiger partial charge in [0, 0.05) is 31.2 Å². The van der Waals surface area contributed by atoms with Crippen LogP contribution in [0, 0.1) is 5.82 Å². The van der Waals surface area contributed by atoms with Gasteiger partial charge in [-0.25, -0.2) is 4.39 Å². The summed E-state index contributed by atoms with van der Waals surface area (Å²) < 4.78 is 18.6. The lowest BCUT2D eigenvalue weighted by Gasteiger charge is -2.25. The Morgan fingerprint density at radius 2 is 2.35 bits per heavy atom. The van der Waals surface area contributed by atoms with Crippen LogP contribution in [0.4, 0.5) is 4.39 Å². The lowest BCUT2D eigenvalue weighted by atomic mass is 9.97. The van der Waals surface area contributed by atoms with E-state index in [1.54, 1.807) is 25.1 Å². The third-order valence-corrected chi connectivity index (χ3v) is 3.55. The van der Waals surface area contributed by atoms with Gasteiger partial charge in [0.1, 0.15) is 11.4 Å². The maximum atomic E-state index is 13.3. The van der Waals surface area contributed by atoms with Crippen molar-refractivity contribution in [3.63, 3.8) is 0 Å². The minimum absolute atomic E-state index is 0.120. The van der Waals surface area contributed by atoms with Crippen LogP contribution in [0.2, 0.25) is 0 Å². The molecule has 108 valence electrons. The van der Waals surface area contributed by atoms with Crippen LogP contribution in [0.5, 0.6) is 0 Å². The lowest BCUT2D eigenvalue weighted by Crippen LogP contribution is -2.47. The first kappa shape index (κ1) is 14.7. The van der Waals surface area contributed by atoms with Gasteiger partial charge in [-0.3, -0.25) is 4.79 Å². The zero-order chi connectivity index (χ0) is 14.6. The molecule has 0 aliphatic carbocycles. The number of benzene rings is 1. The predicted molar refractivity (Wildman–Crippen MR) is 73.4 cm³/mol. The topological polar surface area (TPSA) is 58.6 Å². The zero-order valence-corrected chi connectivity index (χ0v) is 11.3. The van der Waals surface area contributed by atoms with Gasteiger partial charge in [-0.05, 0) is 19.1 Å². The lowest BCUT2D eigenvalue weighted by molar-refractivity contribution is -0.118. The molecule has 1 saturated heterocycles. The minimum Gasteiger partial charge on any atom is -0.385 e. The molecule has 1 aliphatic heterocycles. The molecule has 5 heteroatoms. The molecular formula is C15H18FNO3. The highest BCUT2D eigenvalue weighted by molar-refractivity contribution is 5.91. The Morgan fingerprint density at radius 1 is 1.60 bits per heavy atom. The number of carbonyl (C=O) groups excluding carboxylic acids is 1. The summed E-state index contributed by atoms with van der Waals surface area (Å²) in [5.41, 5.74) is -0.680. The van der Waals surface area contributed by atoms with E-state index in [4.69, 9.17) is 4.74 Å². The van der Waals surface area contributed by atoms with Crippen molar-refractivity contribution in [2.75, 3.05) is 13.2 Å². The van der Waals surface area contributed by atoms with Crippen LogP contribution in [0.1, 0.15) is 18.9 Å². The third kappa shape index (κ3) is 3.43. The molecule has 2 N–H and O–H groups in total. The van der Waals surface area contributed by atoms with Crippen LogP contribution in [0.25, 0.3) is 6.08 Å². The van der Waals surface area contributed by atoms with Gasteiger partial charge in [0.25, 0.3) is 0 Å². The van der Waals surface area contributed by atoms with E-state index in [1.807, 2.05) is 0 Å². The van der Waals surface area contributed by atoms with E-state index in [2.05, 4.69) is 5.32 Å². The van der Waals surface area contributed by atoms with Crippen LogP contribution in [-0.2, 0) is 9.53 Å². The van der Waals surface area contributed by atoms with Crippen molar-refractivity contribution in [3.8, 4) is 0 Å². The fourth-order valence-electron chi connectivity index (χ4n) is 2.08. The number of hydrogen-bond donors (Lipinski definition) is 2. The average molecular weight is 279 g/mol. The van der Waals surface area contributed by atoms with Crippen molar-refractivity contribution in [1.82, 2.24) is 5.32 Å². The molecule has 0 saturated carbocycles. The van der Waals surface area contributed by atoms with Gasteiger partial charge in [0.2, 0.25) is 5.91 Å². The monoisotopic (exact) mass is 279 g/mol. The standard InChI is InChI=1S/C15H18FNO3/c1-11-15(19,8-9-20-11)10-17-14(18)7-6-12-4-2-3-5-13(12)16/h2-7,11,19H,8-10H2,1H3,(H,17,18)/b7-6+. The normalized spacial score (nSPS) is 26.1. The molecule has 2 rings (SSSR count). The van der Waals surface area contributed by atoms with Crippen LogP contribution in [0.3, 0.4) is 0 Å². The SMILES string of the molecule is CC1OCCC1(O)CNC(=O)/C=C/c1ccccc1F. The van der Waals surface area contributed by atoms with Crippen LogP contribution >= 0.6 is 0 Å². The number of hydrogen-bond acceptors (Lipinski definition) is 3. The fraction of sp³-hybridized carbons (Fsp3) is 0.400. The van der Waals surface area contributed by atoms with Crippen molar-refractivity contribution >= 4 is 12.0 Å². The van der Waals surface area contributed by atoms with Crippen molar-refractivity contribution in [2.45, 2.75) is 25.0 Å². The second-order valence-electron chi connectivity index (χ2n) is 4.94. The van der Waals surface area contributed by atoms with E-state index in [0.29, 0.717) is 18.6 Å². The van der Waals surface area contributed by atoms with Gasteiger partial charge in [-0.1, -0.05) is 18.2 Å². The van der Waals surface area contributed by atoms with E-state index in [-0.39, 0.29) is 24.4 Å². The van der Waals surface area contributed by atoms with Gasteiger partial charge >= 0.3 is 0 Å². The Bertz CT molecular complexity index is 518. The number of nitrogens with one attached hydrogen (secondary N) is 1. The third-order valence-electron chi connectivity index (χ3n) is 3.55. The number of halogens is 1. The Kier molecular flexibility index (Phi) is 4.52. The first-order valence-corrected chi connectivity index (χ1v) is 6.56. The highest BCUT2D eigenvalue weighted by Crippen LogP contribution is 2.24. The summed E-state index contributed by atoms with van der Waals surface area (Å²) in [6.45, 7) is 2.38. The molecule has 2 unspecified atom stereocenters. The van der Waals surface area contributed by atoms with Gasteiger partial charge in [0.05, 0.1) is 6.10 Å². The van der Waals surface area contributed by atoms with E-state index in [0.717, 1.165) is 0 Å². The number of aliphatic hydroxyl groups is 1. The number of amides is 1. The quantitative estimate of drug-likeness (QED) is 0.821. The second kappa shape index (κ2) is 6.15. The van der Waals surface area contributed by atoms with E-state index < -0.39 is 5.60 Å². The molecule has 1 aliphatic rings. The molecule has 1 fully saturated rings. The van der Waals surface area contributed by atoms with Crippen molar-refractivity contribution < 1.29 is 19.0 Å². The Hall–Kier alpha value is -1.72. The number of carbonyl (C=O) groups is 1. The summed E-state index contributed by atoms with van der Waals surface area (Å²) >= 11 is 0. The molecule has 4 nitrogen and oxygen atoms in total. The molecule has 1 heterocycles. The van der Waals surface area contributed by atoms with Crippen LogP contribution < -0.4 is 5.32 Å². The van der Waals surface area contributed by atoms with Crippen molar-refractivity contribution in [2.24, 2.45) is 0 Å². The van der Waals surface area contributed by atoms with E-state index in [9.17, 15) is 14.3 Å². The highest BCUT2D eigenvalue weighted by Gasteiger charge is 2.39. The Balaban J connectivity index is 1.89. The summed E-state index contributed by atoms with van der Waals surface area (Å²) in [6.07, 6.45) is 2.84. The summed E-state index contributed by atoms with van der Waals surface area (Å²) in [6, 6.07) is 6.20. The molecule has 0 spiro atoms. The Morgan fingerprint density at radius 3 is 3.00 bits per heavy atom. The maximum Gasteiger partial charge on any atom is 0.244 e. The second-order valence-corrected chi connectivity index (χ2v) is 4.94. The smallest absolute Gasteiger partial charge is 0.244 e. The average Bonchev–Trinajstić information content (AvgIpc) is 2.76. The summed E-state index contributed by atoms with van der Waals surface area (Å²) in [5.74, 6) is -0.756. The summed E-state index contributed by atoms with van der Waals surface area (Å²) in [4.78, 5) is 11.7. The highest BCUT2D eigenvalue weighted by atomic mass is 19.1. The number of ether oxygens (including phenoxy) is 1. The van der Waals surface area contributed by atoms with E-state index in [1.165, 1.54) is 18.2 Å². The molecule has 0 radical (unpaired) electrons. The van der Waals surface area contributed by atoms with Crippen LogP contribution in [0.15, 0.2) is 30.3 Å². The molecule has 2 atom stereocenters. The minimum atomic E-state index is -1.03. The van der Waals surface area contributed by atoms with Crippen LogP contribution in [-0.4, -0.2) is 35.9 Å². The largest absolute Gasteiger partial charge is 0.385 e. The molecular weight excluding hydrogens is 261 g/mol. The summed E-state index contributed by atoms with van der Waals surface area (Å²) in [7, 11) is 0. The molecule has 20 heavy (non-hydrogen) atoms. The summed E-state index contributed by atoms with van der Waals surface area (Å²) in [5, 5.41) is 12.8. The fourth-order valence-corrected chi connectivity index (χ4v) is 2.08. The predicted octanol–water partition coefficient (Wildman–Crippen LogP) is 1.49. The van der Waals surface area contributed by atoms with E-state index >= 15 is 0 Å². The van der Waals surface area contributed by atoms with Crippen molar-refractivity contribution in [3.05, 3.63) is 41.7 Å². The first-order valence-electron chi connectivity index (χ1n) is 6.56. The van der Waals surface area contributed by atoms with Gasteiger partial charge in [-0.15, -0.1) is 0 Å². The molecule has 0 aromatic heterocycles. The molecule has 1 aromatic rings. The van der Waals surface area contributed by atoms with Gasteiger partial charge in [-0.2, -0.15) is 0 Å². The first-order chi connectivity index (χ1) is 9.51. The maximum absolute atomic E-state index is 13.3. The van der Waals surface area contributed by atoms with Gasteiger partial charge in [0.15, 0.2) is 0 Å². The zero-order valence-electron chi connectivity index (χ0n) is 11.3. The Labute approximate surface area is 117 Å². The molecule has 1 aromatic carbocycles. The van der Waals surface area contributed by atoms with Crippen molar-refractivity contribution in [1.29, 1.82) is 0 Å².